The zero-order valence-corrected chi connectivity index (χ0v) is 10.7. The third-order valence-electron chi connectivity index (χ3n) is 2.79. The van der Waals surface area contributed by atoms with Crippen LogP contribution in [-0.4, -0.2) is 31.8 Å². The third-order valence-corrected chi connectivity index (χ3v) is 6.01. The summed E-state index contributed by atoms with van der Waals surface area (Å²) < 4.78 is 1.89. The summed E-state index contributed by atoms with van der Waals surface area (Å²) in [4.78, 5) is 0. The topological polar surface area (TPSA) is 43.8 Å². The maximum Gasteiger partial charge on any atom is 0.0598 e. The number of aromatic nitrogens is 2. The predicted molar refractivity (Wildman–Crippen MR) is 68.3 cm³/mol. The van der Waals surface area contributed by atoms with Crippen LogP contribution in [0.15, 0.2) is 12.3 Å². The molecule has 0 aromatic carbocycles. The van der Waals surface area contributed by atoms with Gasteiger partial charge in [-0.2, -0.15) is 28.6 Å². The van der Waals surface area contributed by atoms with Gasteiger partial charge in [0.15, 0.2) is 0 Å². The average Bonchev–Trinajstić information content (AvgIpc) is 2.64. The Morgan fingerprint density at radius 3 is 2.87 bits per heavy atom. The molecule has 0 bridgehead atoms. The van der Waals surface area contributed by atoms with E-state index in [-0.39, 0.29) is 6.04 Å². The van der Waals surface area contributed by atoms with Gasteiger partial charge in [-0.05, 0) is 6.07 Å². The predicted octanol–water partition coefficient (Wildman–Crippen LogP) is 1.66. The second-order valence-electron chi connectivity index (χ2n) is 3.82. The Morgan fingerprint density at radius 1 is 1.53 bits per heavy atom. The lowest BCUT2D eigenvalue weighted by Gasteiger charge is -2.32. The Labute approximate surface area is 99.2 Å². The lowest BCUT2D eigenvalue weighted by Crippen LogP contribution is -2.35. The first-order chi connectivity index (χ1) is 7.20. The smallest absolute Gasteiger partial charge is 0.0598 e. The molecular formula is C10H17N3S2. The number of nitrogens with two attached hydrogens (primary N) is 1. The number of aryl methyl sites for hydroxylation is 1. The molecule has 3 unspecified atom stereocenters. The van der Waals surface area contributed by atoms with Gasteiger partial charge < -0.3 is 5.73 Å². The molecule has 84 valence electrons. The molecule has 1 saturated heterocycles. The van der Waals surface area contributed by atoms with Crippen LogP contribution in [0.4, 0.5) is 0 Å². The van der Waals surface area contributed by atoms with Crippen molar-refractivity contribution in [2.75, 3.05) is 11.5 Å². The zero-order valence-electron chi connectivity index (χ0n) is 9.09. The number of hydrogen-bond donors (Lipinski definition) is 1. The lowest BCUT2D eigenvalue weighted by molar-refractivity contribution is 0.591. The Kier molecular flexibility index (Phi) is 3.64. The minimum atomic E-state index is 0.102. The summed E-state index contributed by atoms with van der Waals surface area (Å²) in [5, 5.41) is 5.32. The molecule has 0 saturated carbocycles. The lowest BCUT2D eigenvalue weighted by atomic mass is 10.1. The highest BCUT2D eigenvalue weighted by Crippen LogP contribution is 2.37. The van der Waals surface area contributed by atoms with Crippen LogP contribution in [0.3, 0.4) is 0 Å². The van der Waals surface area contributed by atoms with Crippen molar-refractivity contribution in [1.29, 1.82) is 0 Å². The van der Waals surface area contributed by atoms with Crippen molar-refractivity contribution in [3.05, 3.63) is 18.0 Å². The van der Waals surface area contributed by atoms with E-state index in [0.717, 1.165) is 5.69 Å². The fraction of sp³-hybridized carbons (Fsp3) is 0.700. The molecule has 1 aromatic rings. The van der Waals surface area contributed by atoms with Crippen LogP contribution in [0.25, 0.3) is 0 Å². The molecule has 15 heavy (non-hydrogen) atoms. The van der Waals surface area contributed by atoms with E-state index >= 15 is 0 Å². The molecule has 0 spiro atoms. The normalized spacial score (nSPS) is 29.0. The molecule has 2 N–H and O–H groups in total. The van der Waals surface area contributed by atoms with Gasteiger partial charge in [-0.1, -0.05) is 6.92 Å². The molecule has 1 fully saturated rings. The van der Waals surface area contributed by atoms with Crippen molar-refractivity contribution >= 4 is 23.5 Å². The van der Waals surface area contributed by atoms with Crippen molar-refractivity contribution in [1.82, 2.24) is 9.78 Å². The zero-order chi connectivity index (χ0) is 10.8. The van der Waals surface area contributed by atoms with Gasteiger partial charge in [-0.15, -0.1) is 0 Å². The van der Waals surface area contributed by atoms with Crippen molar-refractivity contribution in [2.45, 2.75) is 23.5 Å². The summed E-state index contributed by atoms with van der Waals surface area (Å²) in [6.45, 7) is 2.28. The van der Waals surface area contributed by atoms with Crippen LogP contribution < -0.4 is 5.73 Å². The second kappa shape index (κ2) is 4.80. The van der Waals surface area contributed by atoms with E-state index in [2.05, 4.69) is 12.0 Å². The molecule has 1 aliphatic heterocycles. The first kappa shape index (κ1) is 11.4. The standard InChI is InChI=1S/C10H17N3S2/c1-7-10(15-6-5-14-7)9(11)8-3-4-12-13(8)2/h3-4,7,9-10H,5-6,11H2,1-2H3. The Bertz CT molecular complexity index is 326. The van der Waals surface area contributed by atoms with Gasteiger partial charge in [0.25, 0.3) is 0 Å². The highest BCUT2D eigenvalue weighted by Gasteiger charge is 2.30. The van der Waals surface area contributed by atoms with Crippen molar-refractivity contribution in [3.63, 3.8) is 0 Å². The monoisotopic (exact) mass is 243 g/mol. The van der Waals surface area contributed by atoms with Crippen LogP contribution in [0.1, 0.15) is 18.7 Å². The van der Waals surface area contributed by atoms with Gasteiger partial charge in [0, 0.05) is 35.3 Å². The van der Waals surface area contributed by atoms with E-state index in [0.29, 0.717) is 10.5 Å². The minimum absolute atomic E-state index is 0.102. The second-order valence-corrected chi connectivity index (χ2v) is 6.59. The van der Waals surface area contributed by atoms with Gasteiger partial charge in [0.2, 0.25) is 0 Å². The molecule has 2 rings (SSSR count). The van der Waals surface area contributed by atoms with Gasteiger partial charge >= 0.3 is 0 Å². The average molecular weight is 243 g/mol. The molecule has 0 radical (unpaired) electrons. The maximum absolute atomic E-state index is 6.31. The van der Waals surface area contributed by atoms with Gasteiger partial charge in [-0.25, -0.2) is 0 Å². The molecule has 0 aliphatic carbocycles. The van der Waals surface area contributed by atoms with Crippen LogP contribution in [0.5, 0.6) is 0 Å². The molecule has 1 aliphatic rings. The SMILES string of the molecule is CC1SCCSC1C(N)c1ccnn1C. The number of thioether (sulfide) groups is 2. The summed E-state index contributed by atoms with van der Waals surface area (Å²) in [7, 11) is 1.96. The Hall–Kier alpha value is -0.130. The molecule has 2 heterocycles. The van der Waals surface area contributed by atoms with Crippen molar-refractivity contribution in [3.8, 4) is 0 Å². The van der Waals surface area contributed by atoms with Crippen molar-refractivity contribution < 1.29 is 0 Å². The molecule has 3 atom stereocenters. The van der Waals surface area contributed by atoms with E-state index < -0.39 is 0 Å². The van der Waals surface area contributed by atoms with Gasteiger partial charge in [-0.3, -0.25) is 4.68 Å². The minimum Gasteiger partial charge on any atom is -0.322 e. The summed E-state index contributed by atoms with van der Waals surface area (Å²) in [5.41, 5.74) is 7.45. The number of nitrogens with zero attached hydrogens (tertiary/aromatic N) is 2. The van der Waals surface area contributed by atoms with Gasteiger partial charge in [0.1, 0.15) is 0 Å². The highest BCUT2D eigenvalue weighted by molar-refractivity contribution is 8.07. The third kappa shape index (κ3) is 2.34. The fourth-order valence-electron chi connectivity index (χ4n) is 1.92. The summed E-state index contributed by atoms with van der Waals surface area (Å²) >= 11 is 4.03. The van der Waals surface area contributed by atoms with Crippen LogP contribution >= 0.6 is 23.5 Å². The van der Waals surface area contributed by atoms with E-state index in [1.807, 2.05) is 47.5 Å². The molecule has 1 aromatic heterocycles. The number of rotatable bonds is 2. The highest BCUT2D eigenvalue weighted by atomic mass is 32.2. The van der Waals surface area contributed by atoms with E-state index in [4.69, 9.17) is 5.73 Å². The Morgan fingerprint density at radius 2 is 2.27 bits per heavy atom. The first-order valence-corrected chi connectivity index (χ1v) is 7.26. The molecule has 3 nitrogen and oxygen atoms in total. The van der Waals surface area contributed by atoms with E-state index in [1.165, 1.54) is 11.5 Å². The van der Waals surface area contributed by atoms with Crippen LogP contribution in [0.2, 0.25) is 0 Å². The maximum atomic E-state index is 6.31. The van der Waals surface area contributed by atoms with Crippen LogP contribution in [-0.2, 0) is 7.05 Å². The quantitative estimate of drug-likeness (QED) is 0.858. The fourth-order valence-corrected chi connectivity index (χ4v) is 4.79. The van der Waals surface area contributed by atoms with Crippen molar-refractivity contribution in [2.24, 2.45) is 12.8 Å². The van der Waals surface area contributed by atoms with E-state index in [1.54, 1.807) is 0 Å². The van der Waals surface area contributed by atoms with E-state index in [9.17, 15) is 0 Å². The van der Waals surface area contributed by atoms with Gasteiger partial charge in [0.05, 0.1) is 11.7 Å². The molecular weight excluding hydrogens is 226 g/mol. The summed E-state index contributed by atoms with van der Waals surface area (Å²) in [6, 6.07) is 2.13. The Balaban J connectivity index is 2.13. The molecule has 5 heteroatoms. The summed E-state index contributed by atoms with van der Waals surface area (Å²) in [5.74, 6) is 2.46. The largest absolute Gasteiger partial charge is 0.322 e. The number of hydrogen-bond acceptors (Lipinski definition) is 4. The molecule has 0 amide bonds. The first-order valence-electron chi connectivity index (χ1n) is 5.17. The summed E-state index contributed by atoms with van der Waals surface area (Å²) in [6.07, 6.45) is 1.82. The van der Waals surface area contributed by atoms with Crippen LogP contribution in [0, 0.1) is 0 Å².